The van der Waals surface area contributed by atoms with Crippen LogP contribution in [0.3, 0.4) is 0 Å². The Bertz CT molecular complexity index is 512. The largest absolute Gasteiger partial charge is 0.352 e. The summed E-state index contributed by atoms with van der Waals surface area (Å²) in [4.78, 5) is 30.5. The van der Waals surface area contributed by atoms with Gasteiger partial charge in [0.2, 0.25) is 11.8 Å². The van der Waals surface area contributed by atoms with Crippen LogP contribution in [0.4, 0.5) is 0 Å². The third-order valence-corrected chi connectivity index (χ3v) is 4.70. The Morgan fingerprint density at radius 3 is 2.38 bits per heavy atom. The van der Waals surface area contributed by atoms with Crippen molar-refractivity contribution in [3.8, 4) is 0 Å². The Morgan fingerprint density at radius 1 is 1.15 bits per heavy atom. The lowest BCUT2D eigenvalue weighted by molar-refractivity contribution is -0.134. The summed E-state index contributed by atoms with van der Waals surface area (Å²) in [6, 6.07) is 0.183. The summed E-state index contributed by atoms with van der Waals surface area (Å²) < 4.78 is 0. The zero-order chi connectivity index (χ0) is 18.4. The molecule has 0 bridgehead atoms. The van der Waals surface area contributed by atoms with E-state index in [1.807, 2.05) is 25.7 Å². The number of likely N-dealkylation sites (tertiary alicyclic amines) is 1. The molecule has 2 amide bonds. The fraction of sp³-hybridized carbons (Fsp3) is 0.833. The lowest BCUT2D eigenvalue weighted by atomic mass is 10.1. The molecule has 1 aliphatic heterocycles. The number of carbonyl (C=O) groups excluding carboxylic acids is 2. The molecular formula is C18H34IN5O2. The highest BCUT2D eigenvalue weighted by molar-refractivity contribution is 14.0. The van der Waals surface area contributed by atoms with Crippen molar-refractivity contribution in [1.29, 1.82) is 0 Å². The predicted octanol–water partition coefficient (Wildman–Crippen LogP) is 1.48. The van der Waals surface area contributed by atoms with Crippen LogP contribution in [0.15, 0.2) is 4.99 Å². The topological polar surface area (TPSA) is 85.8 Å². The van der Waals surface area contributed by atoms with Crippen LogP contribution < -0.4 is 16.0 Å². The van der Waals surface area contributed by atoms with Gasteiger partial charge in [-0.3, -0.25) is 14.6 Å². The predicted molar refractivity (Wildman–Crippen MR) is 115 cm³/mol. The zero-order valence-electron chi connectivity index (χ0n) is 16.4. The SMILES string of the molecule is CN=C(NCC(=O)NC(C)(C)C)NC1CCN(C(=O)C2CCCC2)C1.I. The quantitative estimate of drug-likeness (QED) is 0.324. The number of nitrogens with one attached hydrogen (secondary N) is 3. The third-order valence-electron chi connectivity index (χ3n) is 4.70. The summed E-state index contributed by atoms with van der Waals surface area (Å²) in [6.07, 6.45) is 5.35. The first-order valence-electron chi connectivity index (χ1n) is 9.35. The molecule has 26 heavy (non-hydrogen) atoms. The number of guanidine groups is 1. The van der Waals surface area contributed by atoms with Gasteiger partial charge >= 0.3 is 0 Å². The van der Waals surface area contributed by atoms with Crippen molar-refractivity contribution in [2.75, 3.05) is 26.7 Å². The molecule has 2 rings (SSSR count). The van der Waals surface area contributed by atoms with Gasteiger partial charge in [-0.2, -0.15) is 0 Å². The minimum Gasteiger partial charge on any atom is -0.352 e. The van der Waals surface area contributed by atoms with Gasteiger partial charge in [0.05, 0.1) is 6.54 Å². The van der Waals surface area contributed by atoms with Crippen LogP contribution in [-0.4, -0.2) is 60.9 Å². The van der Waals surface area contributed by atoms with E-state index >= 15 is 0 Å². The van der Waals surface area contributed by atoms with Gasteiger partial charge in [-0.1, -0.05) is 12.8 Å². The molecule has 8 heteroatoms. The van der Waals surface area contributed by atoms with E-state index in [-0.39, 0.29) is 53.9 Å². The lowest BCUT2D eigenvalue weighted by Gasteiger charge is -2.22. The second kappa shape index (κ2) is 10.3. The van der Waals surface area contributed by atoms with Crippen LogP contribution in [0.5, 0.6) is 0 Å². The molecule has 150 valence electrons. The van der Waals surface area contributed by atoms with Gasteiger partial charge < -0.3 is 20.9 Å². The number of amides is 2. The Kier molecular flexibility index (Phi) is 9.12. The summed E-state index contributed by atoms with van der Waals surface area (Å²) in [7, 11) is 1.69. The van der Waals surface area contributed by atoms with Crippen LogP contribution in [0.1, 0.15) is 52.9 Å². The average molecular weight is 479 g/mol. The highest BCUT2D eigenvalue weighted by Crippen LogP contribution is 2.27. The second-order valence-corrected chi connectivity index (χ2v) is 8.12. The molecular weight excluding hydrogens is 445 g/mol. The van der Waals surface area contributed by atoms with Gasteiger partial charge in [0.1, 0.15) is 0 Å². The van der Waals surface area contributed by atoms with Gasteiger partial charge in [-0.05, 0) is 40.0 Å². The first kappa shape index (κ1) is 23.0. The molecule has 2 aliphatic rings. The zero-order valence-corrected chi connectivity index (χ0v) is 18.8. The maximum absolute atomic E-state index is 12.5. The molecule has 0 aromatic rings. The van der Waals surface area contributed by atoms with E-state index < -0.39 is 0 Å². The summed E-state index contributed by atoms with van der Waals surface area (Å²) >= 11 is 0. The summed E-state index contributed by atoms with van der Waals surface area (Å²) in [5, 5.41) is 9.27. The molecule has 1 unspecified atom stereocenters. The van der Waals surface area contributed by atoms with E-state index in [1.165, 1.54) is 12.8 Å². The normalized spacial score (nSPS) is 21.3. The van der Waals surface area contributed by atoms with Crippen LogP contribution >= 0.6 is 24.0 Å². The van der Waals surface area contributed by atoms with E-state index in [2.05, 4.69) is 20.9 Å². The second-order valence-electron chi connectivity index (χ2n) is 8.12. The van der Waals surface area contributed by atoms with Crippen LogP contribution in [0.2, 0.25) is 0 Å². The molecule has 0 radical (unpaired) electrons. The molecule has 1 aliphatic carbocycles. The van der Waals surface area contributed by atoms with E-state index in [1.54, 1.807) is 7.05 Å². The summed E-state index contributed by atoms with van der Waals surface area (Å²) in [5.41, 5.74) is -0.248. The minimum atomic E-state index is -0.248. The van der Waals surface area contributed by atoms with Gasteiger partial charge in [-0.25, -0.2) is 0 Å². The molecule has 0 aromatic carbocycles. The average Bonchev–Trinajstić information content (AvgIpc) is 3.20. The Balaban J connectivity index is 0.00000338. The van der Waals surface area contributed by atoms with E-state index in [0.717, 1.165) is 25.8 Å². The molecule has 1 heterocycles. The fourth-order valence-corrected chi connectivity index (χ4v) is 3.52. The smallest absolute Gasteiger partial charge is 0.239 e. The van der Waals surface area contributed by atoms with Gasteiger partial charge in [0.25, 0.3) is 0 Å². The van der Waals surface area contributed by atoms with Gasteiger partial charge in [0.15, 0.2) is 5.96 Å². The fourth-order valence-electron chi connectivity index (χ4n) is 3.52. The molecule has 3 N–H and O–H groups in total. The number of hydrogen-bond donors (Lipinski definition) is 3. The van der Waals surface area contributed by atoms with Crippen molar-refractivity contribution in [2.24, 2.45) is 10.9 Å². The van der Waals surface area contributed by atoms with Crippen molar-refractivity contribution < 1.29 is 9.59 Å². The van der Waals surface area contributed by atoms with Gasteiger partial charge in [0, 0.05) is 37.6 Å². The molecule has 0 aromatic heterocycles. The monoisotopic (exact) mass is 479 g/mol. The van der Waals surface area contributed by atoms with Gasteiger partial charge in [-0.15, -0.1) is 24.0 Å². The highest BCUT2D eigenvalue weighted by Gasteiger charge is 2.32. The molecule has 2 fully saturated rings. The first-order valence-corrected chi connectivity index (χ1v) is 9.35. The maximum Gasteiger partial charge on any atom is 0.239 e. The molecule has 0 spiro atoms. The van der Waals surface area contributed by atoms with Crippen LogP contribution in [-0.2, 0) is 9.59 Å². The summed E-state index contributed by atoms with van der Waals surface area (Å²) in [6.45, 7) is 7.54. The third kappa shape index (κ3) is 7.28. The van der Waals surface area contributed by atoms with E-state index in [9.17, 15) is 9.59 Å². The van der Waals surface area contributed by atoms with Crippen molar-refractivity contribution in [1.82, 2.24) is 20.9 Å². The number of rotatable bonds is 4. The maximum atomic E-state index is 12.5. The van der Waals surface area contributed by atoms with Crippen molar-refractivity contribution in [3.63, 3.8) is 0 Å². The highest BCUT2D eigenvalue weighted by atomic mass is 127. The van der Waals surface area contributed by atoms with Crippen molar-refractivity contribution in [3.05, 3.63) is 0 Å². The van der Waals surface area contributed by atoms with Crippen molar-refractivity contribution in [2.45, 2.75) is 64.5 Å². The molecule has 1 saturated carbocycles. The Morgan fingerprint density at radius 2 is 1.81 bits per heavy atom. The standard InChI is InChI=1S/C18H33N5O2.HI/c1-18(2,3)22-15(24)11-20-17(19-4)21-14-9-10-23(12-14)16(25)13-7-5-6-8-13;/h13-14H,5-12H2,1-4H3,(H,22,24)(H2,19,20,21);1H. The number of hydrogen-bond acceptors (Lipinski definition) is 3. The first-order chi connectivity index (χ1) is 11.8. The Hall–Kier alpha value is -1.06. The number of carbonyl (C=O) groups is 2. The number of halogens is 1. The molecule has 1 saturated heterocycles. The van der Waals surface area contributed by atoms with Crippen LogP contribution in [0.25, 0.3) is 0 Å². The lowest BCUT2D eigenvalue weighted by Crippen LogP contribution is -2.50. The van der Waals surface area contributed by atoms with Crippen LogP contribution in [0, 0.1) is 5.92 Å². The number of nitrogens with zero attached hydrogens (tertiary/aromatic N) is 2. The minimum absolute atomic E-state index is 0. The Labute approximate surface area is 174 Å². The van der Waals surface area contributed by atoms with Crippen molar-refractivity contribution >= 4 is 41.8 Å². The number of aliphatic imine (C=N–C) groups is 1. The summed E-state index contributed by atoms with van der Waals surface area (Å²) in [5.74, 6) is 1.08. The van der Waals surface area contributed by atoms with E-state index in [4.69, 9.17) is 0 Å². The van der Waals surface area contributed by atoms with E-state index in [0.29, 0.717) is 18.4 Å². The molecule has 7 nitrogen and oxygen atoms in total. The molecule has 1 atom stereocenters.